The molecule has 0 radical (unpaired) electrons. The van der Waals surface area contributed by atoms with E-state index in [1.165, 1.54) is 31.0 Å². The van der Waals surface area contributed by atoms with Crippen LogP contribution in [0.2, 0.25) is 0 Å². The number of hydrogen-bond acceptors (Lipinski definition) is 7. The summed E-state index contributed by atoms with van der Waals surface area (Å²) in [5, 5.41) is 12.8. The van der Waals surface area contributed by atoms with Crippen molar-refractivity contribution in [3.8, 4) is 22.9 Å². The number of nitrogens with one attached hydrogen (secondary N) is 1. The Bertz CT molecular complexity index is 885. The molecule has 1 aromatic heterocycles. The number of aromatic nitrogens is 3. The van der Waals surface area contributed by atoms with Gasteiger partial charge in [-0.25, -0.2) is 0 Å². The van der Waals surface area contributed by atoms with Gasteiger partial charge in [0.15, 0.2) is 11.0 Å². The predicted octanol–water partition coefficient (Wildman–Crippen LogP) is 3.85. The molecule has 1 saturated heterocycles. The molecule has 1 amide bonds. The van der Waals surface area contributed by atoms with Crippen molar-refractivity contribution in [3.05, 3.63) is 18.2 Å². The topological polar surface area (TPSA) is 87.5 Å². The summed E-state index contributed by atoms with van der Waals surface area (Å²) in [6.07, 6.45) is 8.04. The summed E-state index contributed by atoms with van der Waals surface area (Å²) in [6.45, 7) is 1.36. The summed E-state index contributed by atoms with van der Waals surface area (Å²) in [5.41, 5.74) is 0.897. The fourth-order valence-electron chi connectivity index (χ4n) is 4.39. The maximum Gasteiger partial charge on any atom is 0.230 e. The van der Waals surface area contributed by atoms with E-state index in [1.807, 2.05) is 18.2 Å². The average Bonchev–Trinajstić information content (AvgIpc) is 3.51. The van der Waals surface area contributed by atoms with Gasteiger partial charge in [0, 0.05) is 30.8 Å². The maximum absolute atomic E-state index is 12.4. The smallest absolute Gasteiger partial charge is 0.230 e. The molecule has 32 heavy (non-hydrogen) atoms. The molecule has 1 atom stereocenters. The number of ether oxygens (including phenoxy) is 3. The standard InChI is InChI=1S/C23H32N4O4S/c1-29-19-11-16(12-20(13-19)30-2)22-25-26-23(27(22)17-7-4-3-5-8-17)32-15-21(28)24-14-18-9-6-10-31-18/h11-13,17-18H,3-10,14-15H2,1-2H3,(H,24,28). The van der Waals surface area contributed by atoms with E-state index in [1.54, 1.807) is 14.2 Å². The molecule has 2 aliphatic rings. The van der Waals surface area contributed by atoms with Gasteiger partial charge in [0.05, 0.1) is 26.1 Å². The van der Waals surface area contributed by atoms with Crippen molar-refractivity contribution in [3.63, 3.8) is 0 Å². The number of amides is 1. The third-order valence-electron chi connectivity index (χ3n) is 6.10. The van der Waals surface area contributed by atoms with Crippen LogP contribution in [0.3, 0.4) is 0 Å². The zero-order valence-electron chi connectivity index (χ0n) is 18.8. The van der Waals surface area contributed by atoms with Crippen molar-refractivity contribution in [2.24, 2.45) is 0 Å². The van der Waals surface area contributed by atoms with Crippen LogP contribution in [-0.2, 0) is 9.53 Å². The molecule has 1 unspecified atom stereocenters. The van der Waals surface area contributed by atoms with Crippen LogP contribution >= 0.6 is 11.8 Å². The van der Waals surface area contributed by atoms with E-state index in [4.69, 9.17) is 14.2 Å². The monoisotopic (exact) mass is 460 g/mol. The first-order chi connectivity index (χ1) is 15.7. The van der Waals surface area contributed by atoms with Gasteiger partial charge < -0.3 is 19.5 Å². The quantitative estimate of drug-likeness (QED) is 0.569. The molecule has 2 fully saturated rings. The van der Waals surface area contributed by atoms with E-state index >= 15 is 0 Å². The highest BCUT2D eigenvalue weighted by atomic mass is 32.2. The lowest BCUT2D eigenvalue weighted by Gasteiger charge is -2.25. The predicted molar refractivity (Wildman–Crippen MR) is 123 cm³/mol. The molecule has 1 aliphatic carbocycles. The van der Waals surface area contributed by atoms with Gasteiger partial charge in [0.1, 0.15) is 11.5 Å². The lowest BCUT2D eigenvalue weighted by molar-refractivity contribution is -0.119. The van der Waals surface area contributed by atoms with Crippen molar-refractivity contribution in [1.29, 1.82) is 0 Å². The Hall–Kier alpha value is -2.26. The lowest BCUT2D eigenvalue weighted by atomic mass is 9.95. The second kappa shape index (κ2) is 11.0. The fourth-order valence-corrected chi connectivity index (χ4v) is 5.23. The number of hydrogen-bond donors (Lipinski definition) is 1. The van der Waals surface area contributed by atoms with Crippen LogP contribution in [-0.4, -0.2) is 59.9 Å². The molecule has 0 spiro atoms. The van der Waals surface area contributed by atoms with Gasteiger partial charge in [-0.3, -0.25) is 9.36 Å². The van der Waals surface area contributed by atoms with E-state index in [0.717, 1.165) is 48.8 Å². The van der Waals surface area contributed by atoms with Gasteiger partial charge in [0.25, 0.3) is 0 Å². The third kappa shape index (κ3) is 5.56. The van der Waals surface area contributed by atoms with E-state index in [0.29, 0.717) is 29.8 Å². The summed E-state index contributed by atoms with van der Waals surface area (Å²) < 4.78 is 18.7. The number of carbonyl (C=O) groups excluding carboxylic acids is 1. The van der Waals surface area contributed by atoms with Gasteiger partial charge in [-0.15, -0.1) is 10.2 Å². The van der Waals surface area contributed by atoms with Crippen molar-refractivity contribution in [2.45, 2.75) is 62.2 Å². The van der Waals surface area contributed by atoms with Gasteiger partial charge in [0.2, 0.25) is 5.91 Å². The number of methoxy groups -OCH3 is 2. The highest BCUT2D eigenvalue weighted by Crippen LogP contribution is 2.37. The molecule has 174 valence electrons. The average molecular weight is 461 g/mol. The molecule has 1 aliphatic heterocycles. The number of thioether (sulfide) groups is 1. The molecule has 4 rings (SSSR count). The van der Waals surface area contributed by atoms with E-state index in [-0.39, 0.29) is 12.0 Å². The summed E-state index contributed by atoms with van der Waals surface area (Å²) >= 11 is 1.44. The largest absolute Gasteiger partial charge is 0.497 e. The van der Waals surface area contributed by atoms with Crippen LogP contribution in [0.5, 0.6) is 11.5 Å². The van der Waals surface area contributed by atoms with Gasteiger partial charge in [-0.1, -0.05) is 31.0 Å². The minimum absolute atomic E-state index is 0.00621. The molecular weight excluding hydrogens is 428 g/mol. The van der Waals surface area contributed by atoms with Crippen LogP contribution in [0.4, 0.5) is 0 Å². The highest BCUT2D eigenvalue weighted by molar-refractivity contribution is 7.99. The third-order valence-corrected chi connectivity index (χ3v) is 7.04. The number of rotatable bonds is 9. The summed E-state index contributed by atoms with van der Waals surface area (Å²) in [4.78, 5) is 12.4. The zero-order chi connectivity index (χ0) is 22.3. The number of carbonyl (C=O) groups is 1. The minimum Gasteiger partial charge on any atom is -0.497 e. The zero-order valence-corrected chi connectivity index (χ0v) is 19.7. The lowest BCUT2D eigenvalue weighted by Crippen LogP contribution is -2.33. The molecule has 1 N–H and O–H groups in total. The molecule has 0 bridgehead atoms. The molecule has 9 heteroatoms. The van der Waals surface area contributed by atoms with Crippen molar-refractivity contribution in [2.75, 3.05) is 33.1 Å². The molecule has 1 saturated carbocycles. The Kier molecular flexibility index (Phi) is 7.91. The summed E-state index contributed by atoms with van der Waals surface area (Å²) in [6, 6.07) is 6.07. The Morgan fingerprint density at radius 3 is 2.50 bits per heavy atom. The molecule has 1 aromatic carbocycles. The summed E-state index contributed by atoms with van der Waals surface area (Å²) in [7, 11) is 3.28. The Balaban J connectivity index is 1.53. The Morgan fingerprint density at radius 1 is 1.09 bits per heavy atom. The van der Waals surface area contributed by atoms with Crippen LogP contribution in [0, 0.1) is 0 Å². The number of benzene rings is 1. The van der Waals surface area contributed by atoms with Crippen LogP contribution in [0.1, 0.15) is 51.0 Å². The number of nitrogens with zero attached hydrogens (tertiary/aromatic N) is 3. The van der Waals surface area contributed by atoms with E-state index < -0.39 is 0 Å². The Morgan fingerprint density at radius 2 is 1.84 bits per heavy atom. The van der Waals surface area contributed by atoms with Gasteiger partial charge in [-0.2, -0.15) is 0 Å². The van der Waals surface area contributed by atoms with E-state index in [2.05, 4.69) is 20.1 Å². The first-order valence-electron chi connectivity index (χ1n) is 11.4. The first kappa shape index (κ1) is 22.9. The summed E-state index contributed by atoms with van der Waals surface area (Å²) in [5.74, 6) is 2.50. The van der Waals surface area contributed by atoms with Crippen LogP contribution in [0.25, 0.3) is 11.4 Å². The SMILES string of the molecule is COc1cc(OC)cc(-c2nnc(SCC(=O)NCC3CCCO3)n2C2CCCCC2)c1. The fraction of sp³-hybridized carbons (Fsp3) is 0.609. The highest BCUT2D eigenvalue weighted by Gasteiger charge is 2.25. The molecule has 2 heterocycles. The maximum atomic E-state index is 12.4. The van der Waals surface area contributed by atoms with Gasteiger partial charge in [-0.05, 0) is 37.8 Å². The van der Waals surface area contributed by atoms with Crippen molar-refractivity contribution < 1.29 is 19.0 Å². The second-order valence-corrected chi connectivity index (χ2v) is 9.24. The normalized spacial score (nSPS) is 19.1. The van der Waals surface area contributed by atoms with Crippen molar-refractivity contribution >= 4 is 17.7 Å². The van der Waals surface area contributed by atoms with Crippen molar-refractivity contribution in [1.82, 2.24) is 20.1 Å². The first-order valence-corrected chi connectivity index (χ1v) is 12.4. The molecule has 8 nitrogen and oxygen atoms in total. The van der Waals surface area contributed by atoms with Crippen LogP contribution < -0.4 is 14.8 Å². The van der Waals surface area contributed by atoms with Gasteiger partial charge >= 0.3 is 0 Å². The Labute approximate surface area is 193 Å². The van der Waals surface area contributed by atoms with Crippen LogP contribution in [0.15, 0.2) is 23.4 Å². The molecular formula is C23H32N4O4S. The minimum atomic E-state index is -0.00621. The molecule has 2 aromatic rings. The van der Waals surface area contributed by atoms with E-state index in [9.17, 15) is 4.79 Å². The second-order valence-electron chi connectivity index (χ2n) is 8.30.